The molecule has 0 saturated carbocycles. The van der Waals surface area contributed by atoms with Crippen molar-refractivity contribution < 1.29 is 4.79 Å². The van der Waals surface area contributed by atoms with Crippen LogP contribution in [0, 0.1) is 12.3 Å². The van der Waals surface area contributed by atoms with Crippen molar-refractivity contribution >= 4 is 6.41 Å². The van der Waals surface area contributed by atoms with E-state index in [0.717, 1.165) is 11.1 Å². The van der Waals surface area contributed by atoms with Crippen molar-refractivity contribution in [3.63, 3.8) is 0 Å². The van der Waals surface area contributed by atoms with Crippen molar-refractivity contribution in [1.29, 1.82) is 0 Å². The number of hydrogen-bond donors (Lipinski definition) is 1. The summed E-state index contributed by atoms with van der Waals surface area (Å²) >= 11 is 0. The van der Waals surface area contributed by atoms with Crippen LogP contribution in [-0.4, -0.2) is 6.41 Å². The minimum atomic E-state index is -0.488. The Morgan fingerprint density at radius 3 is 2.17 bits per heavy atom. The molecule has 1 aromatic carbocycles. The third kappa shape index (κ3) is 2.89. The van der Waals surface area contributed by atoms with Gasteiger partial charge in [-0.15, -0.1) is 19.6 Å². The Labute approximate surface area is 108 Å². The molecule has 0 aliphatic heterocycles. The molecule has 0 fully saturated rings. The molecule has 92 valence electrons. The largest absolute Gasteiger partial charge is 0.349 e. The zero-order valence-corrected chi connectivity index (χ0v) is 10.4. The molecule has 0 radical (unpaired) electrons. The van der Waals surface area contributed by atoms with Gasteiger partial charge in [0.05, 0.1) is 5.54 Å². The Kier molecular flexibility index (Phi) is 4.95. The molecule has 2 nitrogen and oxygen atoms in total. The van der Waals surface area contributed by atoms with Crippen LogP contribution in [0.25, 0.3) is 0 Å². The molecule has 0 aliphatic carbocycles. The highest BCUT2D eigenvalue weighted by Gasteiger charge is 2.28. The van der Waals surface area contributed by atoms with E-state index in [1.165, 1.54) is 0 Å². The van der Waals surface area contributed by atoms with Crippen LogP contribution in [0.2, 0.25) is 0 Å². The van der Waals surface area contributed by atoms with Gasteiger partial charge in [-0.05, 0) is 30.5 Å². The van der Waals surface area contributed by atoms with Gasteiger partial charge in [-0.1, -0.05) is 30.2 Å². The second kappa shape index (κ2) is 6.46. The van der Waals surface area contributed by atoms with E-state index in [4.69, 9.17) is 6.42 Å². The molecule has 0 unspecified atom stereocenters. The summed E-state index contributed by atoms with van der Waals surface area (Å²) in [7, 11) is 0. The summed E-state index contributed by atoms with van der Waals surface area (Å²) < 4.78 is 0. The maximum atomic E-state index is 10.9. The van der Waals surface area contributed by atoms with Crippen LogP contribution in [0.4, 0.5) is 0 Å². The highest BCUT2D eigenvalue weighted by atomic mass is 16.1. The molecule has 0 aliphatic rings. The summed E-state index contributed by atoms with van der Waals surface area (Å²) in [5, 5.41) is 2.88. The topological polar surface area (TPSA) is 29.1 Å². The fourth-order valence-corrected chi connectivity index (χ4v) is 2.01. The molecule has 1 amide bonds. The normalized spacial score (nSPS) is 10.2. The molecule has 1 rings (SSSR count). The van der Waals surface area contributed by atoms with Gasteiger partial charge in [-0.25, -0.2) is 0 Å². The molecular formula is C16H17NO. The van der Waals surface area contributed by atoms with Crippen LogP contribution < -0.4 is 5.32 Å². The van der Waals surface area contributed by atoms with Gasteiger partial charge in [0.2, 0.25) is 6.41 Å². The van der Waals surface area contributed by atoms with E-state index in [-0.39, 0.29) is 0 Å². The van der Waals surface area contributed by atoms with Crippen LogP contribution in [-0.2, 0) is 10.3 Å². The van der Waals surface area contributed by atoms with Crippen LogP contribution in [0.15, 0.2) is 49.6 Å². The van der Waals surface area contributed by atoms with Crippen LogP contribution in [0.5, 0.6) is 0 Å². The quantitative estimate of drug-likeness (QED) is 0.442. The van der Waals surface area contributed by atoms with Gasteiger partial charge in [-0.2, -0.15) is 0 Å². The lowest BCUT2D eigenvalue weighted by Crippen LogP contribution is -2.40. The van der Waals surface area contributed by atoms with Gasteiger partial charge in [0.1, 0.15) is 0 Å². The summed E-state index contributed by atoms with van der Waals surface area (Å²) in [6, 6.07) is 7.59. The maximum Gasteiger partial charge on any atom is 0.207 e. The van der Waals surface area contributed by atoms with Crippen LogP contribution in [0.1, 0.15) is 24.0 Å². The predicted molar refractivity (Wildman–Crippen MR) is 74.9 cm³/mol. The van der Waals surface area contributed by atoms with Gasteiger partial charge in [-0.3, -0.25) is 4.79 Å². The number of carbonyl (C=O) groups excluding carboxylic acids is 1. The molecule has 1 aromatic rings. The average molecular weight is 239 g/mol. The first kappa shape index (κ1) is 13.8. The van der Waals surface area contributed by atoms with Crippen molar-refractivity contribution in [3.8, 4) is 12.3 Å². The van der Waals surface area contributed by atoms with Crippen molar-refractivity contribution in [3.05, 3.63) is 60.7 Å². The van der Waals surface area contributed by atoms with E-state index in [2.05, 4.69) is 24.4 Å². The number of carbonyl (C=O) groups is 1. The standard InChI is InChI=1S/C16H17NO/c1-4-11-16(12-5-2,17-13-18)15-9-7-14(6-3)8-10-15/h3-5,7-10,13H,1-2,11-12H2,(H,17,18). The lowest BCUT2D eigenvalue weighted by atomic mass is 9.83. The number of terminal acetylenes is 1. The highest BCUT2D eigenvalue weighted by Crippen LogP contribution is 2.29. The van der Waals surface area contributed by atoms with E-state index < -0.39 is 5.54 Å². The minimum Gasteiger partial charge on any atom is -0.349 e. The summed E-state index contributed by atoms with van der Waals surface area (Å²) in [6.07, 6.45) is 10.9. The number of hydrogen-bond acceptors (Lipinski definition) is 1. The van der Waals surface area contributed by atoms with E-state index in [1.54, 1.807) is 12.2 Å². The molecule has 0 bridgehead atoms. The van der Waals surface area contributed by atoms with Gasteiger partial charge < -0.3 is 5.32 Å². The van der Waals surface area contributed by atoms with Crippen LogP contribution in [0.3, 0.4) is 0 Å². The molecule has 0 spiro atoms. The maximum absolute atomic E-state index is 10.9. The van der Waals surface area contributed by atoms with Gasteiger partial charge in [0.25, 0.3) is 0 Å². The first-order valence-electron chi connectivity index (χ1n) is 5.72. The number of benzene rings is 1. The lowest BCUT2D eigenvalue weighted by molar-refractivity contribution is -0.111. The number of nitrogens with one attached hydrogen (secondary N) is 1. The Morgan fingerprint density at radius 1 is 1.22 bits per heavy atom. The smallest absolute Gasteiger partial charge is 0.207 e. The first-order valence-corrected chi connectivity index (χ1v) is 5.72. The zero-order valence-electron chi connectivity index (χ0n) is 10.4. The first-order chi connectivity index (χ1) is 8.72. The predicted octanol–water partition coefficient (Wildman–Crippen LogP) is 2.76. The lowest BCUT2D eigenvalue weighted by Gasteiger charge is -2.32. The molecular weight excluding hydrogens is 222 g/mol. The monoisotopic (exact) mass is 239 g/mol. The Balaban J connectivity index is 3.20. The van der Waals surface area contributed by atoms with Gasteiger partial charge in [0.15, 0.2) is 0 Å². The molecule has 0 saturated heterocycles. The number of rotatable bonds is 7. The average Bonchev–Trinajstić information content (AvgIpc) is 2.39. The Bertz CT molecular complexity index is 438. The Morgan fingerprint density at radius 2 is 1.78 bits per heavy atom. The molecule has 2 heteroatoms. The fourth-order valence-electron chi connectivity index (χ4n) is 2.01. The van der Waals surface area contributed by atoms with Gasteiger partial charge in [0, 0.05) is 5.56 Å². The molecule has 1 N–H and O–H groups in total. The van der Waals surface area contributed by atoms with E-state index in [0.29, 0.717) is 19.3 Å². The fraction of sp³-hybridized carbons (Fsp3) is 0.188. The third-order valence-corrected chi connectivity index (χ3v) is 2.92. The summed E-state index contributed by atoms with van der Waals surface area (Å²) in [4.78, 5) is 10.9. The zero-order chi connectivity index (χ0) is 13.4. The summed E-state index contributed by atoms with van der Waals surface area (Å²) in [6.45, 7) is 7.49. The summed E-state index contributed by atoms with van der Waals surface area (Å²) in [5.41, 5.74) is 1.32. The van der Waals surface area contributed by atoms with Crippen molar-refractivity contribution in [2.75, 3.05) is 0 Å². The highest BCUT2D eigenvalue weighted by molar-refractivity contribution is 5.50. The van der Waals surface area contributed by atoms with E-state index in [1.807, 2.05) is 24.3 Å². The van der Waals surface area contributed by atoms with Crippen LogP contribution >= 0.6 is 0 Å². The molecule has 0 heterocycles. The van der Waals surface area contributed by atoms with Gasteiger partial charge >= 0.3 is 0 Å². The van der Waals surface area contributed by atoms with E-state index in [9.17, 15) is 4.79 Å². The minimum absolute atomic E-state index is 0.488. The third-order valence-electron chi connectivity index (χ3n) is 2.92. The number of amides is 1. The molecule has 0 aromatic heterocycles. The Hall–Kier alpha value is -2.27. The van der Waals surface area contributed by atoms with Crippen molar-refractivity contribution in [2.45, 2.75) is 18.4 Å². The van der Waals surface area contributed by atoms with Crippen molar-refractivity contribution in [2.24, 2.45) is 0 Å². The summed E-state index contributed by atoms with van der Waals surface area (Å²) in [5.74, 6) is 2.57. The second-order valence-electron chi connectivity index (χ2n) is 4.05. The van der Waals surface area contributed by atoms with E-state index >= 15 is 0 Å². The molecule has 0 atom stereocenters. The second-order valence-corrected chi connectivity index (χ2v) is 4.05. The van der Waals surface area contributed by atoms with Crippen molar-refractivity contribution in [1.82, 2.24) is 5.32 Å². The molecule has 18 heavy (non-hydrogen) atoms. The SMILES string of the molecule is C#Cc1ccc(C(CC=C)(CC=C)NC=O)cc1.